The topological polar surface area (TPSA) is 50.8 Å². The number of thiophene rings is 1. The summed E-state index contributed by atoms with van der Waals surface area (Å²) in [5.41, 5.74) is 2.13. The van der Waals surface area contributed by atoms with Crippen molar-refractivity contribution in [2.75, 3.05) is 6.54 Å². The quantitative estimate of drug-likeness (QED) is 0.515. The number of pyridine rings is 1. The van der Waals surface area contributed by atoms with Crippen LogP contribution in [0.2, 0.25) is 0 Å². The molecule has 0 spiro atoms. The van der Waals surface area contributed by atoms with E-state index in [1.54, 1.807) is 17.6 Å². The molecule has 0 aliphatic rings. The van der Waals surface area contributed by atoms with Gasteiger partial charge in [0, 0.05) is 17.6 Å². The van der Waals surface area contributed by atoms with Gasteiger partial charge in [0.25, 0.3) is 5.91 Å². The minimum Gasteiger partial charge on any atom is -0.467 e. The molecule has 0 saturated carbocycles. The van der Waals surface area contributed by atoms with Crippen molar-refractivity contribution in [3.63, 3.8) is 0 Å². The van der Waals surface area contributed by atoms with E-state index in [1.165, 1.54) is 4.88 Å². The molecule has 4 heterocycles. The fraction of sp³-hybridized carbons (Fsp3) is 0.200. The molecule has 0 aliphatic heterocycles. The third-order valence-corrected chi connectivity index (χ3v) is 5.27. The van der Waals surface area contributed by atoms with Crippen LogP contribution < -0.4 is 0 Å². The lowest BCUT2D eigenvalue weighted by atomic mass is 10.2. The van der Waals surface area contributed by atoms with Gasteiger partial charge < -0.3 is 9.32 Å². The van der Waals surface area contributed by atoms with Crippen molar-refractivity contribution in [2.45, 2.75) is 19.9 Å². The molecule has 0 atom stereocenters. The number of aromatic nitrogens is 2. The first kappa shape index (κ1) is 16.6. The fourth-order valence-electron chi connectivity index (χ4n) is 3.06. The number of hydrogen-bond donors (Lipinski definition) is 0. The maximum atomic E-state index is 13.4. The Hall–Kier alpha value is -2.86. The summed E-state index contributed by atoms with van der Waals surface area (Å²) in [5, 5.41) is 2.06. The first-order valence-electron chi connectivity index (χ1n) is 8.50. The maximum absolute atomic E-state index is 13.4. The van der Waals surface area contributed by atoms with Crippen LogP contribution in [0, 0.1) is 6.92 Å². The van der Waals surface area contributed by atoms with Gasteiger partial charge in [-0.25, -0.2) is 4.98 Å². The van der Waals surface area contributed by atoms with Crippen molar-refractivity contribution >= 4 is 22.9 Å². The number of imidazole rings is 1. The number of nitrogens with zero attached hydrogens (tertiary/aromatic N) is 3. The van der Waals surface area contributed by atoms with Crippen molar-refractivity contribution in [1.82, 2.24) is 14.3 Å². The Labute approximate surface area is 155 Å². The van der Waals surface area contributed by atoms with Crippen molar-refractivity contribution < 1.29 is 9.21 Å². The second-order valence-corrected chi connectivity index (χ2v) is 7.14. The second-order valence-electron chi connectivity index (χ2n) is 6.11. The molecule has 1 amide bonds. The zero-order chi connectivity index (χ0) is 17.9. The van der Waals surface area contributed by atoms with Crippen LogP contribution in [-0.2, 0) is 13.0 Å². The Bertz CT molecular complexity index is 1000. The molecule has 0 bridgehead atoms. The average molecular weight is 365 g/mol. The molecule has 26 heavy (non-hydrogen) atoms. The number of furan rings is 1. The number of rotatable bonds is 6. The first-order valence-corrected chi connectivity index (χ1v) is 9.38. The van der Waals surface area contributed by atoms with Gasteiger partial charge in [0.1, 0.15) is 17.1 Å². The number of aryl methyl sites for hydroxylation is 1. The Morgan fingerprint density at radius 1 is 1.23 bits per heavy atom. The first-order chi connectivity index (χ1) is 12.7. The van der Waals surface area contributed by atoms with E-state index in [1.807, 2.05) is 58.8 Å². The van der Waals surface area contributed by atoms with Crippen molar-refractivity contribution in [3.8, 4) is 0 Å². The Balaban J connectivity index is 1.64. The van der Waals surface area contributed by atoms with Crippen LogP contribution in [0.5, 0.6) is 0 Å². The molecular formula is C20H19N3O2S. The molecule has 0 radical (unpaired) electrons. The molecule has 0 saturated heterocycles. The molecule has 4 aromatic heterocycles. The summed E-state index contributed by atoms with van der Waals surface area (Å²) >= 11 is 1.71. The molecule has 0 N–H and O–H groups in total. The smallest absolute Gasteiger partial charge is 0.273 e. The molecule has 0 aromatic carbocycles. The summed E-state index contributed by atoms with van der Waals surface area (Å²) in [4.78, 5) is 21.0. The van der Waals surface area contributed by atoms with Crippen LogP contribution in [0.3, 0.4) is 0 Å². The minimum absolute atomic E-state index is 0.0332. The predicted octanol–water partition coefficient (Wildman–Crippen LogP) is 4.18. The summed E-state index contributed by atoms with van der Waals surface area (Å²) in [7, 11) is 0. The predicted molar refractivity (Wildman–Crippen MR) is 101 cm³/mol. The molecule has 4 rings (SSSR count). The SMILES string of the molecule is Cc1nc2ccccn2c1C(=O)N(CCc1cccs1)Cc1ccco1. The van der Waals surface area contributed by atoms with E-state index in [2.05, 4.69) is 16.4 Å². The number of carbonyl (C=O) groups excluding carboxylic acids is 1. The van der Waals surface area contributed by atoms with E-state index >= 15 is 0 Å². The lowest BCUT2D eigenvalue weighted by molar-refractivity contribution is 0.0726. The summed E-state index contributed by atoms with van der Waals surface area (Å²) in [6.45, 7) is 2.95. The Morgan fingerprint density at radius 2 is 2.15 bits per heavy atom. The molecular weight excluding hydrogens is 346 g/mol. The summed E-state index contributed by atoms with van der Waals surface area (Å²) < 4.78 is 7.33. The van der Waals surface area contributed by atoms with E-state index in [4.69, 9.17) is 4.42 Å². The van der Waals surface area contributed by atoms with Crippen molar-refractivity contribution in [3.05, 3.63) is 82.3 Å². The van der Waals surface area contributed by atoms with Crippen LogP contribution in [0.15, 0.2) is 64.7 Å². The molecule has 0 unspecified atom stereocenters. The van der Waals surface area contributed by atoms with Gasteiger partial charge in [-0.15, -0.1) is 11.3 Å². The fourth-order valence-corrected chi connectivity index (χ4v) is 3.76. The molecule has 4 aromatic rings. The lowest BCUT2D eigenvalue weighted by Gasteiger charge is -2.21. The zero-order valence-electron chi connectivity index (χ0n) is 14.5. The highest BCUT2D eigenvalue weighted by atomic mass is 32.1. The number of carbonyl (C=O) groups is 1. The third kappa shape index (κ3) is 3.28. The highest BCUT2D eigenvalue weighted by molar-refractivity contribution is 7.09. The highest BCUT2D eigenvalue weighted by Gasteiger charge is 2.23. The Morgan fingerprint density at radius 3 is 2.92 bits per heavy atom. The van der Waals surface area contributed by atoms with Crippen molar-refractivity contribution in [2.24, 2.45) is 0 Å². The molecule has 0 fully saturated rings. The van der Waals surface area contributed by atoms with Gasteiger partial charge in [-0.1, -0.05) is 12.1 Å². The van der Waals surface area contributed by atoms with Gasteiger partial charge in [-0.3, -0.25) is 9.20 Å². The van der Waals surface area contributed by atoms with Crippen molar-refractivity contribution in [1.29, 1.82) is 0 Å². The van der Waals surface area contributed by atoms with E-state index in [-0.39, 0.29) is 5.91 Å². The van der Waals surface area contributed by atoms with E-state index in [0.29, 0.717) is 18.8 Å². The van der Waals surface area contributed by atoms with Crippen LogP contribution in [0.25, 0.3) is 5.65 Å². The van der Waals surface area contributed by atoms with E-state index in [9.17, 15) is 4.79 Å². The number of hydrogen-bond acceptors (Lipinski definition) is 4. The van der Waals surface area contributed by atoms with Crippen LogP contribution >= 0.6 is 11.3 Å². The second kappa shape index (κ2) is 7.17. The van der Waals surface area contributed by atoms with Crippen LogP contribution in [0.4, 0.5) is 0 Å². The summed E-state index contributed by atoms with van der Waals surface area (Å²) in [6, 6.07) is 13.6. The summed E-state index contributed by atoms with van der Waals surface area (Å²) in [5.74, 6) is 0.741. The largest absolute Gasteiger partial charge is 0.467 e. The lowest BCUT2D eigenvalue weighted by Crippen LogP contribution is -2.33. The monoisotopic (exact) mass is 365 g/mol. The van der Waals surface area contributed by atoms with Crippen LogP contribution in [0.1, 0.15) is 26.8 Å². The molecule has 132 valence electrons. The van der Waals surface area contributed by atoms with Gasteiger partial charge in [-0.05, 0) is 49.1 Å². The van der Waals surface area contributed by atoms with Gasteiger partial charge >= 0.3 is 0 Å². The van der Waals surface area contributed by atoms with Gasteiger partial charge in [-0.2, -0.15) is 0 Å². The van der Waals surface area contributed by atoms with Crippen LogP contribution in [-0.4, -0.2) is 26.7 Å². The van der Waals surface area contributed by atoms with Gasteiger partial charge in [0.05, 0.1) is 18.5 Å². The third-order valence-electron chi connectivity index (χ3n) is 4.33. The summed E-state index contributed by atoms with van der Waals surface area (Å²) in [6.07, 6.45) is 4.34. The van der Waals surface area contributed by atoms with E-state index < -0.39 is 0 Å². The Kier molecular flexibility index (Phi) is 4.58. The molecule has 5 nitrogen and oxygen atoms in total. The minimum atomic E-state index is -0.0332. The zero-order valence-corrected chi connectivity index (χ0v) is 15.3. The average Bonchev–Trinajstić information content (AvgIpc) is 3.38. The van der Waals surface area contributed by atoms with Gasteiger partial charge in [0.2, 0.25) is 0 Å². The number of fused-ring (bicyclic) bond motifs is 1. The molecule has 6 heteroatoms. The van der Waals surface area contributed by atoms with E-state index in [0.717, 1.165) is 23.5 Å². The number of amides is 1. The highest BCUT2D eigenvalue weighted by Crippen LogP contribution is 2.18. The normalized spacial score (nSPS) is 11.1. The maximum Gasteiger partial charge on any atom is 0.273 e. The van der Waals surface area contributed by atoms with Gasteiger partial charge in [0.15, 0.2) is 0 Å². The molecule has 0 aliphatic carbocycles. The standard InChI is InChI=1S/C20H19N3O2S/c1-15-19(23-10-3-2-8-18(23)21-15)20(24)22(14-16-6-4-12-25-16)11-9-17-7-5-13-26-17/h2-8,10,12-13H,9,11,14H2,1H3.